The lowest BCUT2D eigenvalue weighted by molar-refractivity contribution is -0.123. The number of carbonyl (C=O) groups is 2. The number of nitrogens with zero attached hydrogens (tertiary/aromatic N) is 1. The second-order valence-electron chi connectivity index (χ2n) is 5.77. The maximum absolute atomic E-state index is 12.7. The van der Waals surface area contributed by atoms with E-state index in [2.05, 4.69) is 15.6 Å². The summed E-state index contributed by atoms with van der Waals surface area (Å²) in [5.74, 6) is -0.454. The molecule has 0 radical (unpaired) electrons. The van der Waals surface area contributed by atoms with Crippen molar-refractivity contribution in [1.29, 1.82) is 0 Å². The summed E-state index contributed by atoms with van der Waals surface area (Å²) in [6.07, 6.45) is 0.430. The maximum Gasteiger partial charge on any atom is 0.262 e. The molecule has 5 nitrogen and oxygen atoms in total. The summed E-state index contributed by atoms with van der Waals surface area (Å²) < 4.78 is 0. The number of amides is 2. The number of rotatable bonds is 7. The highest BCUT2D eigenvalue weighted by Gasteiger charge is 2.22. The number of aromatic nitrogens is 1. The number of nitrogens with one attached hydrogen (secondary N) is 2. The molecule has 3 rings (SSSR count). The van der Waals surface area contributed by atoms with Gasteiger partial charge in [0.1, 0.15) is 6.04 Å². The summed E-state index contributed by atoms with van der Waals surface area (Å²) in [5.41, 5.74) is 1.81. The fourth-order valence-corrected chi connectivity index (χ4v) is 3.73. The lowest BCUT2D eigenvalue weighted by Crippen LogP contribution is -2.47. The average Bonchev–Trinajstić information content (AvgIpc) is 3.32. The molecule has 0 aliphatic rings. The molecule has 0 aliphatic heterocycles. The van der Waals surface area contributed by atoms with Crippen LogP contribution in [0, 0.1) is 6.92 Å². The fourth-order valence-electron chi connectivity index (χ4n) is 2.49. The lowest BCUT2D eigenvalue weighted by atomic mass is 10.1. The van der Waals surface area contributed by atoms with E-state index >= 15 is 0 Å². The van der Waals surface area contributed by atoms with Crippen molar-refractivity contribution in [2.45, 2.75) is 25.9 Å². The Bertz CT molecular complexity index is 860. The van der Waals surface area contributed by atoms with Gasteiger partial charge in [0.25, 0.3) is 5.91 Å². The van der Waals surface area contributed by atoms with Gasteiger partial charge in [0, 0.05) is 11.8 Å². The Morgan fingerprint density at radius 2 is 1.92 bits per heavy atom. The maximum atomic E-state index is 12.7. The van der Waals surface area contributed by atoms with Gasteiger partial charge in [-0.05, 0) is 23.9 Å². The van der Waals surface area contributed by atoms with Crippen LogP contribution in [0.3, 0.4) is 0 Å². The zero-order chi connectivity index (χ0) is 18.4. The Balaban J connectivity index is 1.68. The number of hydrogen-bond donors (Lipinski definition) is 2. The van der Waals surface area contributed by atoms with Crippen molar-refractivity contribution in [2.75, 3.05) is 0 Å². The summed E-state index contributed by atoms with van der Waals surface area (Å²) in [5, 5.41) is 10.4. The molecule has 0 saturated heterocycles. The van der Waals surface area contributed by atoms with Crippen LogP contribution in [0.2, 0.25) is 0 Å². The van der Waals surface area contributed by atoms with Gasteiger partial charge < -0.3 is 10.6 Å². The third kappa shape index (κ3) is 5.00. The molecule has 0 fully saturated rings. The summed E-state index contributed by atoms with van der Waals surface area (Å²) in [7, 11) is 0. The third-order valence-electron chi connectivity index (χ3n) is 3.76. The van der Waals surface area contributed by atoms with Crippen molar-refractivity contribution in [3.8, 4) is 0 Å². The molecule has 1 unspecified atom stereocenters. The Morgan fingerprint density at radius 1 is 1.12 bits per heavy atom. The average molecular weight is 386 g/mol. The number of hydrogen-bond acceptors (Lipinski definition) is 5. The van der Waals surface area contributed by atoms with Crippen molar-refractivity contribution >= 4 is 34.5 Å². The molecule has 1 atom stereocenters. The molecule has 134 valence electrons. The van der Waals surface area contributed by atoms with E-state index in [1.54, 1.807) is 17.4 Å². The van der Waals surface area contributed by atoms with E-state index in [1.807, 2.05) is 54.1 Å². The Kier molecular flexibility index (Phi) is 6.14. The SMILES string of the molecule is Cc1nc(CNC(=O)C(Cc2ccccc2)NC(=O)c2cccs2)cs1. The summed E-state index contributed by atoms with van der Waals surface area (Å²) in [6.45, 7) is 2.28. The van der Waals surface area contributed by atoms with E-state index in [1.165, 1.54) is 11.3 Å². The summed E-state index contributed by atoms with van der Waals surface area (Å²) in [4.78, 5) is 30.0. The van der Waals surface area contributed by atoms with Crippen LogP contribution < -0.4 is 10.6 Å². The van der Waals surface area contributed by atoms with Crippen LogP contribution >= 0.6 is 22.7 Å². The van der Waals surface area contributed by atoms with E-state index in [4.69, 9.17) is 0 Å². The number of aryl methyl sites for hydroxylation is 1. The van der Waals surface area contributed by atoms with Crippen molar-refractivity contribution < 1.29 is 9.59 Å². The van der Waals surface area contributed by atoms with Crippen LogP contribution in [0.5, 0.6) is 0 Å². The van der Waals surface area contributed by atoms with Crippen LogP contribution in [-0.2, 0) is 17.8 Å². The third-order valence-corrected chi connectivity index (χ3v) is 5.45. The Morgan fingerprint density at radius 3 is 2.58 bits per heavy atom. The first-order valence-electron chi connectivity index (χ1n) is 8.19. The van der Waals surface area contributed by atoms with Gasteiger partial charge in [-0.1, -0.05) is 36.4 Å². The zero-order valence-corrected chi connectivity index (χ0v) is 15.9. The topological polar surface area (TPSA) is 71.1 Å². The van der Waals surface area contributed by atoms with Gasteiger partial charge in [0.2, 0.25) is 5.91 Å². The highest BCUT2D eigenvalue weighted by Crippen LogP contribution is 2.11. The molecule has 2 aromatic heterocycles. The van der Waals surface area contributed by atoms with Crippen LogP contribution in [0.1, 0.15) is 25.9 Å². The van der Waals surface area contributed by atoms with Crippen molar-refractivity contribution in [3.63, 3.8) is 0 Å². The van der Waals surface area contributed by atoms with Crippen LogP contribution in [0.25, 0.3) is 0 Å². The van der Waals surface area contributed by atoms with Crippen molar-refractivity contribution in [3.05, 3.63) is 74.4 Å². The lowest BCUT2D eigenvalue weighted by Gasteiger charge is -2.18. The Labute approximate surface area is 160 Å². The summed E-state index contributed by atoms with van der Waals surface area (Å²) >= 11 is 2.90. The second kappa shape index (κ2) is 8.73. The van der Waals surface area contributed by atoms with E-state index in [-0.39, 0.29) is 11.8 Å². The number of thiophene rings is 1. The molecule has 1 aromatic carbocycles. The standard InChI is InChI=1S/C19H19N3O2S2/c1-13-21-15(12-26-13)11-20-18(23)16(10-14-6-3-2-4-7-14)22-19(24)17-8-5-9-25-17/h2-9,12,16H,10-11H2,1H3,(H,20,23)(H,22,24). The molecule has 0 bridgehead atoms. The van der Waals surface area contributed by atoms with E-state index < -0.39 is 6.04 Å². The first-order chi connectivity index (χ1) is 12.6. The minimum atomic E-state index is -0.647. The zero-order valence-electron chi connectivity index (χ0n) is 14.3. The molecule has 2 heterocycles. The molecule has 7 heteroatoms. The van der Waals surface area contributed by atoms with Gasteiger partial charge in [-0.15, -0.1) is 22.7 Å². The molecule has 0 aliphatic carbocycles. The van der Waals surface area contributed by atoms with Crippen LogP contribution in [0.15, 0.2) is 53.2 Å². The van der Waals surface area contributed by atoms with Crippen LogP contribution in [0.4, 0.5) is 0 Å². The van der Waals surface area contributed by atoms with Crippen LogP contribution in [-0.4, -0.2) is 22.8 Å². The number of benzene rings is 1. The van der Waals surface area contributed by atoms with Gasteiger partial charge in [-0.2, -0.15) is 0 Å². The predicted octanol–water partition coefficient (Wildman–Crippen LogP) is 3.17. The molecule has 0 spiro atoms. The van der Waals surface area contributed by atoms with Gasteiger partial charge >= 0.3 is 0 Å². The van der Waals surface area contributed by atoms with Crippen molar-refractivity contribution in [1.82, 2.24) is 15.6 Å². The molecular weight excluding hydrogens is 366 g/mol. The monoisotopic (exact) mass is 385 g/mol. The number of carbonyl (C=O) groups excluding carboxylic acids is 2. The fraction of sp³-hybridized carbons (Fsp3) is 0.211. The molecule has 2 amide bonds. The Hall–Kier alpha value is -2.51. The molecule has 0 saturated carbocycles. The molecule has 26 heavy (non-hydrogen) atoms. The normalized spacial score (nSPS) is 11.7. The first kappa shape index (κ1) is 18.3. The van der Waals surface area contributed by atoms with Gasteiger partial charge in [0.05, 0.1) is 22.1 Å². The smallest absolute Gasteiger partial charge is 0.262 e. The second-order valence-corrected chi connectivity index (χ2v) is 7.78. The van der Waals surface area contributed by atoms with E-state index in [0.29, 0.717) is 17.8 Å². The number of thiazole rings is 1. The van der Waals surface area contributed by atoms with E-state index in [0.717, 1.165) is 16.3 Å². The largest absolute Gasteiger partial charge is 0.349 e. The first-order valence-corrected chi connectivity index (χ1v) is 9.95. The minimum absolute atomic E-state index is 0.218. The highest BCUT2D eigenvalue weighted by atomic mass is 32.1. The van der Waals surface area contributed by atoms with Gasteiger partial charge in [-0.3, -0.25) is 9.59 Å². The minimum Gasteiger partial charge on any atom is -0.349 e. The van der Waals surface area contributed by atoms with Crippen molar-refractivity contribution in [2.24, 2.45) is 0 Å². The quantitative estimate of drug-likeness (QED) is 0.656. The molecule has 3 aromatic rings. The van der Waals surface area contributed by atoms with Gasteiger partial charge in [-0.25, -0.2) is 4.98 Å². The summed E-state index contributed by atoms with van der Waals surface area (Å²) in [6, 6.07) is 12.6. The highest BCUT2D eigenvalue weighted by molar-refractivity contribution is 7.12. The predicted molar refractivity (Wildman–Crippen MR) is 104 cm³/mol. The molecular formula is C19H19N3O2S2. The van der Waals surface area contributed by atoms with Gasteiger partial charge in [0.15, 0.2) is 0 Å². The van der Waals surface area contributed by atoms with E-state index in [9.17, 15) is 9.59 Å². The molecule has 2 N–H and O–H groups in total.